The smallest absolute Gasteiger partial charge is 0.270 e. The van der Waals surface area contributed by atoms with Gasteiger partial charge in [0.15, 0.2) is 0 Å². The summed E-state index contributed by atoms with van der Waals surface area (Å²) in [7, 11) is 1.63. The molecule has 1 unspecified atom stereocenters. The molecule has 1 amide bonds. The Morgan fingerprint density at radius 1 is 1.33 bits per heavy atom. The van der Waals surface area contributed by atoms with E-state index in [1.54, 1.807) is 19.4 Å². The number of rotatable bonds is 6. The van der Waals surface area contributed by atoms with E-state index in [4.69, 9.17) is 9.47 Å². The van der Waals surface area contributed by atoms with Crippen molar-refractivity contribution in [2.45, 2.75) is 18.9 Å². The van der Waals surface area contributed by atoms with Crippen molar-refractivity contribution in [3.63, 3.8) is 0 Å². The van der Waals surface area contributed by atoms with Crippen LogP contribution in [0.5, 0.6) is 5.75 Å². The van der Waals surface area contributed by atoms with Gasteiger partial charge in [-0.3, -0.25) is 9.78 Å². The molecule has 6 nitrogen and oxygen atoms in total. The fourth-order valence-electron chi connectivity index (χ4n) is 2.60. The van der Waals surface area contributed by atoms with Crippen molar-refractivity contribution in [1.29, 1.82) is 0 Å². The number of pyridine rings is 1. The number of anilines is 2. The van der Waals surface area contributed by atoms with E-state index < -0.39 is 0 Å². The zero-order valence-corrected chi connectivity index (χ0v) is 13.6. The van der Waals surface area contributed by atoms with Crippen molar-refractivity contribution in [3.05, 3.63) is 48.3 Å². The van der Waals surface area contributed by atoms with Crippen LogP contribution < -0.4 is 15.4 Å². The third-order valence-corrected chi connectivity index (χ3v) is 3.87. The Morgan fingerprint density at radius 2 is 2.21 bits per heavy atom. The molecule has 126 valence electrons. The van der Waals surface area contributed by atoms with Crippen LogP contribution in [-0.2, 0) is 4.74 Å². The second-order valence-electron chi connectivity index (χ2n) is 5.63. The van der Waals surface area contributed by atoms with E-state index in [-0.39, 0.29) is 12.0 Å². The SMILES string of the molecule is COc1cccc(Nc2ccnc(C(=O)NCC3CCCO3)c2)c1. The van der Waals surface area contributed by atoms with E-state index in [0.717, 1.165) is 36.6 Å². The molecule has 1 aromatic heterocycles. The number of nitrogens with one attached hydrogen (secondary N) is 2. The molecule has 0 spiro atoms. The second-order valence-corrected chi connectivity index (χ2v) is 5.63. The van der Waals surface area contributed by atoms with Gasteiger partial charge in [-0.15, -0.1) is 0 Å². The minimum atomic E-state index is -0.195. The molecule has 24 heavy (non-hydrogen) atoms. The van der Waals surface area contributed by atoms with Crippen LogP contribution in [0.4, 0.5) is 11.4 Å². The Labute approximate surface area is 141 Å². The van der Waals surface area contributed by atoms with E-state index in [1.807, 2.05) is 30.3 Å². The van der Waals surface area contributed by atoms with Crippen molar-refractivity contribution in [2.75, 3.05) is 25.6 Å². The van der Waals surface area contributed by atoms with E-state index in [1.165, 1.54) is 0 Å². The van der Waals surface area contributed by atoms with E-state index in [0.29, 0.717) is 12.2 Å². The average molecular weight is 327 g/mol. The zero-order valence-electron chi connectivity index (χ0n) is 13.6. The number of aromatic nitrogens is 1. The first kappa shape index (κ1) is 16.3. The van der Waals surface area contributed by atoms with Gasteiger partial charge < -0.3 is 20.1 Å². The first-order chi connectivity index (χ1) is 11.7. The summed E-state index contributed by atoms with van der Waals surface area (Å²) >= 11 is 0. The Kier molecular flexibility index (Phi) is 5.28. The van der Waals surface area contributed by atoms with Crippen LogP contribution in [0.1, 0.15) is 23.3 Å². The highest BCUT2D eigenvalue weighted by Gasteiger charge is 2.17. The molecule has 2 heterocycles. The predicted molar refractivity (Wildman–Crippen MR) is 91.8 cm³/mol. The molecule has 3 rings (SSSR count). The topological polar surface area (TPSA) is 72.5 Å². The number of ether oxygens (including phenoxy) is 2. The van der Waals surface area contributed by atoms with Gasteiger partial charge >= 0.3 is 0 Å². The number of hydrogen-bond acceptors (Lipinski definition) is 5. The Balaban J connectivity index is 1.63. The molecule has 0 aliphatic carbocycles. The van der Waals surface area contributed by atoms with Gasteiger partial charge in [0.1, 0.15) is 11.4 Å². The molecule has 1 aliphatic heterocycles. The van der Waals surface area contributed by atoms with Gasteiger partial charge in [0.2, 0.25) is 0 Å². The lowest BCUT2D eigenvalue weighted by molar-refractivity contribution is 0.0854. The van der Waals surface area contributed by atoms with Crippen molar-refractivity contribution >= 4 is 17.3 Å². The summed E-state index contributed by atoms with van der Waals surface area (Å²) < 4.78 is 10.7. The van der Waals surface area contributed by atoms with Gasteiger partial charge in [0.25, 0.3) is 5.91 Å². The summed E-state index contributed by atoms with van der Waals surface area (Å²) in [5, 5.41) is 6.12. The lowest BCUT2D eigenvalue weighted by atomic mass is 10.2. The van der Waals surface area contributed by atoms with Crippen molar-refractivity contribution in [1.82, 2.24) is 10.3 Å². The minimum absolute atomic E-state index is 0.118. The summed E-state index contributed by atoms with van der Waals surface area (Å²) in [4.78, 5) is 16.4. The molecule has 1 atom stereocenters. The molecule has 1 aliphatic rings. The fourth-order valence-corrected chi connectivity index (χ4v) is 2.60. The van der Waals surface area contributed by atoms with Crippen LogP contribution in [0.15, 0.2) is 42.6 Å². The van der Waals surface area contributed by atoms with Crippen LogP contribution >= 0.6 is 0 Å². The Hall–Kier alpha value is -2.60. The van der Waals surface area contributed by atoms with Gasteiger partial charge in [0.05, 0.1) is 13.2 Å². The number of hydrogen-bond donors (Lipinski definition) is 2. The van der Waals surface area contributed by atoms with E-state index >= 15 is 0 Å². The van der Waals surface area contributed by atoms with Crippen LogP contribution in [0.2, 0.25) is 0 Å². The first-order valence-electron chi connectivity index (χ1n) is 8.01. The largest absolute Gasteiger partial charge is 0.497 e. The number of amides is 1. The van der Waals surface area contributed by atoms with Crippen LogP contribution in [0.3, 0.4) is 0 Å². The lowest BCUT2D eigenvalue weighted by Crippen LogP contribution is -2.32. The third-order valence-electron chi connectivity index (χ3n) is 3.87. The Morgan fingerprint density at radius 3 is 3.00 bits per heavy atom. The number of methoxy groups -OCH3 is 1. The highest BCUT2D eigenvalue weighted by molar-refractivity contribution is 5.93. The highest BCUT2D eigenvalue weighted by atomic mass is 16.5. The van der Waals surface area contributed by atoms with Crippen LogP contribution in [0, 0.1) is 0 Å². The van der Waals surface area contributed by atoms with Crippen LogP contribution in [0.25, 0.3) is 0 Å². The molecule has 2 aromatic rings. The number of nitrogens with zero attached hydrogens (tertiary/aromatic N) is 1. The molecule has 2 N–H and O–H groups in total. The zero-order chi connectivity index (χ0) is 16.8. The van der Waals surface area contributed by atoms with Gasteiger partial charge in [-0.2, -0.15) is 0 Å². The van der Waals surface area contributed by atoms with Crippen molar-refractivity contribution < 1.29 is 14.3 Å². The molecule has 1 aromatic carbocycles. The van der Waals surface area contributed by atoms with E-state index in [9.17, 15) is 4.79 Å². The van der Waals surface area contributed by atoms with Gasteiger partial charge in [0, 0.05) is 36.8 Å². The summed E-state index contributed by atoms with van der Waals surface area (Å²) in [6.07, 6.45) is 3.78. The highest BCUT2D eigenvalue weighted by Crippen LogP contribution is 2.21. The Bertz CT molecular complexity index is 699. The van der Waals surface area contributed by atoms with E-state index in [2.05, 4.69) is 15.6 Å². The van der Waals surface area contributed by atoms with Crippen molar-refractivity contribution in [2.24, 2.45) is 0 Å². The normalized spacial score (nSPS) is 16.6. The third kappa shape index (κ3) is 4.23. The lowest BCUT2D eigenvalue weighted by Gasteiger charge is -2.11. The molecule has 0 radical (unpaired) electrons. The fraction of sp³-hybridized carbons (Fsp3) is 0.333. The molecule has 0 bridgehead atoms. The van der Waals surface area contributed by atoms with Crippen LogP contribution in [-0.4, -0.2) is 37.3 Å². The number of carbonyl (C=O) groups excluding carboxylic acids is 1. The summed E-state index contributed by atoms with van der Waals surface area (Å²) in [6, 6.07) is 11.1. The maximum Gasteiger partial charge on any atom is 0.270 e. The molecule has 1 saturated heterocycles. The maximum absolute atomic E-state index is 12.2. The number of benzene rings is 1. The molecule has 0 saturated carbocycles. The second kappa shape index (κ2) is 7.79. The summed E-state index contributed by atoms with van der Waals surface area (Å²) in [5.74, 6) is 0.573. The quantitative estimate of drug-likeness (QED) is 0.853. The van der Waals surface area contributed by atoms with Crippen molar-refractivity contribution in [3.8, 4) is 5.75 Å². The first-order valence-corrected chi connectivity index (χ1v) is 8.01. The molecular formula is C18H21N3O3. The summed E-state index contributed by atoms with van der Waals surface area (Å²) in [5.41, 5.74) is 2.05. The monoisotopic (exact) mass is 327 g/mol. The standard InChI is InChI=1S/C18H21N3O3/c1-23-15-5-2-4-13(10-15)21-14-7-8-19-17(11-14)18(22)20-12-16-6-3-9-24-16/h2,4-5,7-8,10-11,16H,3,6,9,12H2,1H3,(H,19,21)(H,20,22). The predicted octanol–water partition coefficient (Wildman–Crippen LogP) is 2.74. The molecule has 1 fully saturated rings. The van der Waals surface area contributed by atoms with Gasteiger partial charge in [-0.05, 0) is 37.1 Å². The molecule has 6 heteroatoms. The average Bonchev–Trinajstić information content (AvgIpc) is 3.13. The van der Waals surface area contributed by atoms with Gasteiger partial charge in [-0.1, -0.05) is 6.07 Å². The molecular weight excluding hydrogens is 306 g/mol. The maximum atomic E-state index is 12.2. The minimum Gasteiger partial charge on any atom is -0.497 e. The summed E-state index contributed by atoms with van der Waals surface area (Å²) in [6.45, 7) is 1.30. The van der Waals surface area contributed by atoms with Gasteiger partial charge in [-0.25, -0.2) is 0 Å². The number of carbonyl (C=O) groups is 1.